The number of carbonyl (C=O) groups is 1. The monoisotopic (exact) mass is 251 g/mol. The van der Waals surface area contributed by atoms with Crippen molar-refractivity contribution in [1.29, 1.82) is 0 Å². The van der Waals surface area contributed by atoms with Gasteiger partial charge in [-0.05, 0) is 19.8 Å². The molecule has 0 saturated carbocycles. The second-order valence-corrected chi connectivity index (χ2v) is 5.10. The Morgan fingerprint density at radius 2 is 2.53 bits per heavy atom. The van der Waals surface area contributed by atoms with E-state index in [-0.39, 0.29) is 11.9 Å². The summed E-state index contributed by atoms with van der Waals surface area (Å²) < 4.78 is 1.74. The molecule has 1 aliphatic heterocycles. The molecule has 0 bridgehead atoms. The van der Waals surface area contributed by atoms with Gasteiger partial charge in [0.05, 0.1) is 11.9 Å². The van der Waals surface area contributed by atoms with Crippen LogP contribution in [-0.2, 0) is 4.79 Å². The lowest BCUT2D eigenvalue weighted by molar-refractivity contribution is -0.123. The number of aromatic nitrogens is 3. The average Bonchev–Trinajstić information content (AvgIpc) is 2.78. The Kier molecular flexibility index (Phi) is 2.47. The van der Waals surface area contributed by atoms with Crippen molar-refractivity contribution in [1.82, 2.24) is 19.9 Å². The number of piperidine rings is 1. The molecule has 1 aliphatic rings. The quantitative estimate of drug-likeness (QED) is 0.828. The first-order valence-electron chi connectivity index (χ1n) is 5.59. The number of aryl methyl sites for hydroxylation is 1. The number of carbonyl (C=O) groups excluding carboxylic acids is 1. The molecule has 2 aromatic rings. The van der Waals surface area contributed by atoms with E-state index in [4.69, 9.17) is 0 Å². The molecule has 1 atom stereocenters. The van der Waals surface area contributed by atoms with Gasteiger partial charge in [0.15, 0.2) is 0 Å². The van der Waals surface area contributed by atoms with Gasteiger partial charge < -0.3 is 10.6 Å². The Labute approximate surface area is 102 Å². The summed E-state index contributed by atoms with van der Waals surface area (Å²) in [6.07, 6.45) is 3.73. The third-order valence-electron chi connectivity index (χ3n) is 2.75. The molecule has 3 rings (SSSR count). The number of fused-ring (bicyclic) bond motifs is 1. The minimum Gasteiger partial charge on any atom is -0.354 e. The average molecular weight is 251 g/mol. The van der Waals surface area contributed by atoms with Crippen LogP contribution in [0.4, 0.5) is 5.13 Å². The molecule has 7 heteroatoms. The van der Waals surface area contributed by atoms with Gasteiger partial charge in [-0.25, -0.2) is 9.50 Å². The van der Waals surface area contributed by atoms with E-state index in [0.29, 0.717) is 0 Å². The van der Waals surface area contributed by atoms with E-state index in [1.807, 2.05) is 13.1 Å². The van der Waals surface area contributed by atoms with Gasteiger partial charge in [0, 0.05) is 6.54 Å². The molecular formula is C10H13N5OS. The Balaban J connectivity index is 1.79. The fourth-order valence-electron chi connectivity index (χ4n) is 1.93. The van der Waals surface area contributed by atoms with Crippen LogP contribution in [0.25, 0.3) is 4.96 Å². The summed E-state index contributed by atoms with van der Waals surface area (Å²) in [4.78, 5) is 16.8. The molecule has 0 radical (unpaired) electrons. The van der Waals surface area contributed by atoms with Gasteiger partial charge in [-0.15, -0.1) is 5.10 Å². The van der Waals surface area contributed by atoms with Crippen LogP contribution >= 0.6 is 11.3 Å². The van der Waals surface area contributed by atoms with E-state index in [2.05, 4.69) is 20.7 Å². The zero-order valence-electron chi connectivity index (χ0n) is 9.43. The summed E-state index contributed by atoms with van der Waals surface area (Å²) >= 11 is 1.46. The molecule has 1 amide bonds. The molecule has 1 saturated heterocycles. The van der Waals surface area contributed by atoms with Crippen molar-refractivity contribution in [2.75, 3.05) is 11.9 Å². The van der Waals surface area contributed by atoms with Crippen molar-refractivity contribution >= 4 is 27.3 Å². The first kappa shape index (κ1) is 10.5. The summed E-state index contributed by atoms with van der Waals surface area (Å²) in [5.41, 5.74) is 0.950. The predicted molar refractivity (Wildman–Crippen MR) is 65.3 cm³/mol. The molecule has 3 heterocycles. The van der Waals surface area contributed by atoms with Crippen LogP contribution < -0.4 is 10.6 Å². The molecular weight excluding hydrogens is 238 g/mol. The number of anilines is 1. The minimum absolute atomic E-state index is 0.0558. The van der Waals surface area contributed by atoms with Crippen molar-refractivity contribution in [2.45, 2.75) is 25.8 Å². The number of amides is 1. The number of hydrogen-bond donors (Lipinski definition) is 2. The number of nitrogens with zero attached hydrogens (tertiary/aromatic N) is 3. The third kappa shape index (κ3) is 1.97. The van der Waals surface area contributed by atoms with Crippen LogP contribution in [0.2, 0.25) is 0 Å². The predicted octanol–water partition coefficient (Wildman–Crippen LogP) is 0.790. The Morgan fingerprint density at radius 3 is 3.29 bits per heavy atom. The lowest BCUT2D eigenvalue weighted by Gasteiger charge is -2.21. The fourth-order valence-corrected chi connectivity index (χ4v) is 2.81. The smallest absolute Gasteiger partial charge is 0.242 e. The van der Waals surface area contributed by atoms with Crippen molar-refractivity contribution in [3.63, 3.8) is 0 Å². The zero-order valence-corrected chi connectivity index (χ0v) is 10.3. The van der Waals surface area contributed by atoms with E-state index < -0.39 is 0 Å². The van der Waals surface area contributed by atoms with E-state index in [0.717, 1.165) is 35.2 Å². The van der Waals surface area contributed by atoms with Crippen LogP contribution in [0.15, 0.2) is 6.20 Å². The largest absolute Gasteiger partial charge is 0.354 e. The van der Waals surface area contributed by atoms with E-state index >= 15 is 0 Å². The molecule has 2 aromatic heterocycles. The zero-order chi connectivity index (χ0) is 11.8. The summed E-state index contributed by atoms with van der Waals surface area (Å²) in [7, 11) is 0. The van der Waals surface area contributed by atoms with Crippen LogP contribution in [0.3, 0.4) is 0 Å². The van der Waals surface area contributed by atoms with E-state index in [1.54, 1.807) is 4.52 Å². The maximum absolute atomic E-state index is 11.6. The third-order valence-corrected chi connectivity index (χ3v) is 3.60. The first-order valence-corrected chi connectivity index (χ1v) is 6.41. The number of nitrogens with one attached hydrogen (secondary N) is 2. The van der Waals surface area contributed by atoms with Crippen LogP contribution in [0.5, 0.6) is 0 Å². The highest BCUT2D eigenvalue weighted by molar-refractivity contribution is 7.20. The molecule has 1 fully saturated rings. The molecule has 17 heavy (non-hydrogen) atoms. The number of rotatable bonds is 2. The fraction of sp³-hybridized carbons (Fsp3) is 0.500. The summed E-state index contributed by atoms with van der Waals surface area (Å²) in [5.74, 6) is 0.0558. The van der Waals surface area contributed by atoms with Crippen molar-refractivity contribution < 1.29 is 4.79 Å². The lowest BCUT2D eigenvalue weighted by Crippen LogP contribution is -2.44. The van der Waals surface area contributed by atoms with Gasteiger partial charge in [0.1, 0.15) is 6.04 Å². The number of imidazole rings is 1. The van der Waals surface area contributed by atoms with Crippen molar-refractivity contribution in [2.24, 2.45) is 0 Å². The maximum Gasteiger partial charge on any atom is 0.242 e. The molecule has 0 spiro atoms. The van der Waals surface area contributed by atoms with E-state index in [9.17, 15) is 4.79 Å². The van der Waals surface area contributed by atoms with Crippen LogP contribution in [0, 0.1) is 6.92 Å². The first-order chi connectivity index (χ1) is 8.22. The molecule has 2 N–H and O–H groups in total. The minimum atomic E-state index is -0.166. The Hall–Kier alpha value is -1.63. The van der Waals surface area contributed by atoms with Crippen molar-refractivity contribution in [3.8, 4) is 0 Å². The Morgan fingerprint density at radius 1 is 1.65 bits per heavy atom. The molecule has 6 nitrogen and oxygen atoms in total. The SMILES string of the molecule is Cc1cn2nc(NC3CCCNC3=O)sc2n1. The molecule has 1 unspecified atom stereocenters. The van der Waals surface area contributed by atoms with Crippen molar-refractivity contribution in [3.05, 3.63) is 11.9 Å². The molecule has 0 aliphatic carbocycles. The van der Waals surface area contributed by atoms with Gasteiger partial charge in [-0.2, -0.15) is 0 Å². The lowest BCUT2D eigenvalue weighted by atomic mass is 10.1. The van der Waals surface area contributed by atoms with Gasteiger partial charge in [0.25, 0.3) is 0 Å². The Bertz CT molecular complexity index is 529. The second kappa shape index (κ2) is 3.99. The topological polar surface area (TPSA) is 71.3 Å². The van der Waals surface area contributed by atoms with Gasteiger partial charge >= 0.3 is 0 Å². The normalized spacial score (nSPS) is 20.5. The summed E-state index contributed by atoms with van der Waals surface area (Å²) in [5, 5.41) is 11.1. The molecule has 90 valence electrons. The molecule has 0 aromatic carbocycles. The summed E-state index contributed by atoms with van der Waals surface area (Å²) in [6, 6.07) is -0.166. The van der Waals surface area contributed by atoms with Crippen LogP contribution in [-0.4, -0.2) is 33.1 Å². The highest BCUT2D eigenvalue weighted by Gasteiger charge is 2.22. The van der Waals surface area contributed by atoms with Gasteiger partial charge in [-0.3, -0.25) is 4.79 Å². The van der Waals surface area contributed by atoms with Crippen LogP contribution in [0.1, 0.15) is 18.5 Å². The van der Waals surface area contributed by atoms with Gasteiger partial charge in [-0.1, -0.05) is 11.3 Å². The van der Waals surface area contributed by atoms with E-state index in [1.165, 1.54) is 11.3 Å². The highest BCUT2D eigenvalue weighted by Crippen LogP contribution is 2.21. The maximum atomic E-state index is 11.6. The highest BCUT2D eigenvalue weighted by atomic mass is 32.1. The second-order valence-electron chi connectivity index (χ2n) is 4.15. The summed E-state index contributed by atoms with van der Waals surface area (Å²) in [6.45, 7) is 2.71. The standard InChI is InChI=1S/C10H13N5OS/c1-6-5-15-10(12-6)17-9(14-15)13-7-3-2-4-11-8(7)16/h5,7H,2-4H2,1H3,(H,11,16)(H,13,14). The number of hydrogen-bond acceptors (Lipinski definition) is 5. The van der Waals surface area contributed by atoms with Gasteiger partial charge in [0.2, 0.25) is 16.0 Å².